The summed E-state index contributed by atoms with van der Waals surface area (Å²) < 4.78 is 44.5. The van der Waals surface area contributed by atoms with Crippen LogP contribution in [0.5, 0.6) is 0 Å². The summed E-state index contributed by atoms with van der Waals surface area (Å²) >= 11 is 0. The molecule has 1 aromatic carbocycles. The molecule has 3 rings (SSSR count). The largest absolute Gasteiger partial charge is 0.374 e. The average Bonchev–Trinajstić information content (AvgIpc) is 2.91. The van der Waals surface area contributed by atoms with Crippen molar-refractivity contribution >= 4 is 16.8 Å². The zero-order valence-corrected chi connectivity index (χ0v) is 15.6. The molecule has 150 valence electrons. The number of hydrogen-bond acceptors (Lipinski definition) is 3. The molecule has 28 heavy (non-hydrogen) atoms. The third kappa shape index (κ3) is 3.48. The Balaban J connectivity index is 2.09. The van der Waals surface area contributed by atoms with Gasteiger partial charge in [0, 0.05) is 22.7 Å². The number of nitrogens with two attached hydrogens (primary N) is 1. The number of carbonyl (C=O) groups is 1. The van der Waals surface area contributed by atoms with E-state index < -0.39 is 41.1 Å². The smallest absolute Gasteiger partial charge is 0.296 e. The summed E-state index contributed by atoms with van der Waals surface area (Å²) in [4.78, 5) is 14.4. The van der Waals surface area contributed by atoms with Gasteiger partial charge in [-0.05, 0) is 44.9 Å². The highest BCUT2D eigenvalue weighted by atomic mass is 19.2. The first-order chi connectivity index (χ1) is 13.3. The van der Waals surface area contributed by atoms with Crippen molar-refractivity contribution in [2.75, 3.05) is 0 Å². The first-order valence-corrected chi connectivity index (χ1v) is 9.11. The van der Waals surface area contributed by atoms with Crippen molar-refractivity contribution in [2.45, 2.75) is 57.7 Å². The standard InChI is InChI=1S/C20H22F3N3O2/c1-3-5-12(27)26-11-7-4-6-10(8-11)13-14-16(21)9(2)25-19(14)15(20(24)28)18(23)17(13)22/h10-11,20,25,28H,4,6-8,24H2,1-2H3,(H,26,27)/t10-,11?,20?/m1/s1. The van der Waals surface area contributed by atoms with Crippen LogP contribution in [0.3, 0.4) is 0 Å². The number of fused-ring (bicyclic) bond motifs is 1. The minimum Gasteiger partial charge on any atom is -0.374 e. The van der Waals surface area contributed by atoms with Gasteiger partial charge in [0.2, 0.25) is 0 Å². The van der Waals surface area contributed by atoms with Crippen molar-refractivity contribution in [3.8, 4) is 11.8 Å². The number of aryl methyl sites for hydroxylation is 1. The Hall–Kier alpha value is -2.50. The van der Waals surface area contributed by atoms with Crippen molar-refractivity contribution in [1.29, 1.82) is 0 Å². The Labute approximate surface area is 160 Å². The van der Waals surface area contributed by atoms with Crippen LogP contribution in [0.15, 0.2) is 0 Å². The molecule has 1 heterocycles. The molecule has 1 aromatic heterocycles. The number of aliphatic hydroxyl groups excluding tert-OH is 1. The molecule has 0 aliphatic heterocycles. The number of aromatic amines is 1. The summed E-state index contributed by atoms with van der Waals surface area (Å²) in [7, 11) is 0. The zero-order valence-electron chi connectivity index (χ0n) is 15.6. The van der Waals surface area contributed by atoms with Gasteiger partial charge in [0.1, 0.15) is 6.23 Å². The van der Waals surface area contributed by atoms with Crippen LogP contribution in [0.25, 0.3) is 10.9 Å². The Morgan fingerprint density at radius 1 is 1.29 bits per heavy atom. The van der Waals surface area contributed by atoms with Gasteiger partial charge >= 0.3 is 0 Å². The molecule has 1 saturated carbocycles. The Bertz CT molecular complexity index is 988. The van der Waals surface area contributed by atoms with Gasteiger partial charge < -0.3 is 21.1 Å². The van der Waals surface area contributed by atoms with Crippen LogP contribution in [-0.2, 0) is 4.79 Å². The van der Waals surface area contributed by atoms with Gasteiger partial charge in [0.25, 0.3) is 5.91 Å². The van der Waals surface area contributed by atoms with Gasteiger partial charge in [-0.15, -0.1) is 0 Å². The van der Waals surface area contributed by atoms with E-state index in [0.29, 0.717) is 25.7 Å². The molecule has 2 unspecified atom stereocenters. The summed E-state index contributed by atoms with van der Waals surface area (Å²) in [6, 6.07) is -0.271. The van der Waals surface area contributed by atoms with Crippen molar-refractivity contribution in [2.24, 2.45) is 5.73 Å². The van der Waals surface area contributed by atoms with E-state index in [1.165, 1.54) is 6.92 Å². The molecule has 5 nitrogen and oxygen atoms in total. The molecule has 0 spiro atoms. The second-order valence-corrected chi connectivity index (χ2v) is 7.12. The molecule has 1 aliphatic rings. The van der Waals surface area contributed by atoms with Crippen LogP contribution >= 0.6 is 0 Å². The van der Waals surface area contributed by atoms with Crippen molar-refractivity contribution in [3.05, 3.63) is 34.3 Å². The minimum absolute atomic E-state index is 0.0399. The number of H-pyrrole nitrogens is 1. The second-order valence-electron chi connectivity index (χ2n) is 7.12. The molecule has 1 amide bonds. The highest BCUT2D eigenvalue weighted by Gasteiger charge is 2.33. The third-order valence-corrected chi connectivity index (χ3v) is 5.27. The first kappa shape index (κ1) is 20.2. The van der Waals surface area contributed by atoms with Crippen molar-refractivity contribution < 1.29 is 23.1 Å². The van der Waals surface area contributed by atoms with Crippen LogP contribution in [0.1, 0.15) is 61.6 Å². The van der Waals surface area contributed by atoms with Crippen LogP contribution in [0, 0.1) is 36.2 Å². The summed E-state index contributed by atoms with van der Waals surface area (Å²) in [6.45, 7) is 2.98. The average molecular weight is 393 g/mol. The Morgan fingerprint density at radius 3 is 2.64 bits per heavy atom. The van der Waals surface area contributed by atoms with Gasteiger partial charge in [-0.1, -0.05) is 12.3 Å². The van der Waals surface area contributed by atoms with Gasteiger partial charge in [-0.25, -0.2) is 13.2 Å². The number of rotatable bonds is 3. The molecule has 0 radical (unpaired) electrons. The van der Waals surface area contributed by atoms with Crippen molar-refractivity contribution in [3.63, 3.8) is 0 Å². The molecule has 0 bridgehead atoms. The summed E-state index contributed by atoms with van der Waals surface area (Å²) in [6.07, 6.45) is 0.385. The number of amides is 1. The molecule has 1 aliphatic carbocycles. The highest BCUT2D eigenvalue weighted by Crippen LogP contribution is 2.42. The maximum Gasteiger partial charge on any atom is 0.296 e. The van der Waals surface area contributed by atoms with E-state index in [1.807, 2.05) is 0 Å². The maximum atomic E-state index is 15.0. The fraction of sp³-hybridized carbons (Fsp3) is 0.450. The van der Waals surface area contributed by atoms with Crippen LogP contribution in [-0.4, -0.2) is 22.0 Å². The quantitative estimate of drug-likeness (QED) is 0.477. The number of benzene rings is 1. The van der Waals surface area contributed by atoms with Crippen molar-refractivity contribution in [1.82, 2.24) is 10.3 Å². The molecule has 0 saturated heterocycles. The van der Waals surface area contributed by atoms with Gasteiger partial charge in [0.15, 0.2) is 17.5 Å². The lowest BCUT2D eigenvalue weighted by Gasteiger charge is -2.30. The van der Waals surface area contributed by atoms with Crippen LogP contribution in [0.4, 0.5) is 13.2 Å². The summed E-state index contributed by atoms with van der Waals surface area (Å²) in [5.74, 6) is 0.757. The van der Waals surface area contributed by atoms with E-state index in [9.17, 15) is 18.7 Å². The number of aromatic nitrogens is 1. The molecule has 8 heteroatoms. The topological polar surface area (TPSA) is 91.1 Å². The van der Waals surface area contributed by atoms with Gasteiger partial charge in [0.05, 0.1) is 11.1 Å². The predicted octanol–water partition coefficient (Wildman–Crippen LogP) is 3.01. The summed E-state index contributed by atoms with van der Waals surface area (Å²) in [5.41, 5.74) is 4.87. The van der Waals surface area contributed by atoms with E-state index in [2.05, 4.69) is 22.1 Å². The van der Waals surface area contributed by atoms with E-state index in [1.54, 1.807) is 6.92 Å². The van der Waals surface area contributed by atoms with Gasteiger partial charge in [-0.2, -0.15) is 0 Å². The van der Waals surface area contributed by atoms with E-state index in [4.69, 9.17) is 5.73 Å². The SMILES string of the molecule is CC#CC(=O)NC1CCC[C@@H](c2c(F)c(F)c(C(N)O)c3[nH]c(C)c(F)c23)C1. The molecule has 3 atom stereocenters. The number of halogens is 3. The maximum absolute atomic E-state index is 15.0. The zero-order chi connectivity index (χ0) is 20.6. The lowest BCUT2D eigenvalue weighted by molar-refractivity contribution is -0.116. The second kappa shape index (κ2) is 7.86. The lowest BCUT2D eigenvalue weighted by Crippen LogP contribution is -2.37. The molecule has 2 aromatic rings. The molecular weight excluding hydrogens is 371 g/mol. The summed E-state index contributed by atoms with van der Waals surface area (Å²) in [5, 5.41) is 12.4. The number of aliphatic hydroxyl groups is 1. The fourth-order valence-corrected chi connectivity index (χ4v) is 4.09. The van der Waals surface area contributed by atoms with E-state index in [0.717, 1.165) is 0 Å². The first-order valence-electron chi connectivity index (χ1n) is 9.11. The van der Waals surface area contributed by atoms with Crippen LogP contribution in [0.2, 0.25) is 0 Å². The normalized spacial score (nSPS) is 20.5. The minimum atomic E-state index is -1.80. The Kier molecular flexibility index (Phi) is 5.68. The third-order valence-electron chi connectivity index (χ3n) is 5.27. The van der Waals surface area contributed by atoms with Gasteiger partial charge in [-0.3, -0.25) is 4.79 Å². The van der Waals surface area contributed by atoms with E-state index >= 15 is 4.39 Å². The molecular formula is C20H22F3N3O2. The highest BCUT2D eigenvalue weighted by molar-refractivity contribution is 5.93. The monoisotopic (exact) mass is 393 g/mol. The van der Waals surface area contributed by atoms with Crippen LogP contribution < -0.4 is 11.1 Å². The molecule has 5 N–H and O–H groups in total. The molecule has 1 fully saturated rings. The predicted molar refractivity (Wildman–Crippen MR) is 98.6 cm³/mol. The number of carbonyl (C=O) groups excluding carboxylic acids is 1. The fourth-order valence-electron chi connectivity index (χ4n) is 4.09. The Morgan fingerprint density at radius 2 is 2.00 bits per heavy atom. The van der Waals surface area contributed by atoms with E-state index in [-0.39, 0.29) is 28.2 Å². The number of nitrogens with one attached hydrogen (secondary N) is 2. The lowest BCUT2D eigenvalue weighted by atomic mass is 9.79. The number of hydrogen-bond donors (Lipinski definition) is 4.